The minimum absolute atomic E-state index is 0.174. The maximum atomic E-state index is 12.5. The summed E-state index contributed by atoms with van der Waals surface area (Å²) in [5.74, 6) is 0.739. The number of rotatable bonds is 6. The van der Waals surface area contributed by atoms with E-state index in [1.54, 1.807) is 24.3 Å². The molecule has 1 N–H and O–H groups in total. The minimum atomic E-state index is -3.25. The Labute approximate surface area is 172 Å². The third-order valence-electron chi connectivity index (χ3n) is 5.12. The molecule has 1 atom stereocenters. The number of anilines is 1. The van der Waals surface area contributed by atoms with Crippen molar-refractivity contribution in [3.05, 3.63) is 59.2 Å². The standard InChI is InChI=1S/C22H28N2O4S/c1-16-6-11-21(14-17(16)2)28-15-18(3)23-22(25)19-7-9-20(10-8-19)24-12-4-5-13-29(24,26)27/h6-11,14,18H,4-5,12-13,15H2,1-3H3,(H,23,25). The molecule has 1 saturated heterocycles. The Balaban J connectivity index is 1.56. The van der Waals surface area contributed by atoms with Gasteiger partial charge in [0, 0.05) is 12.1 Å². The number of carbonyl (C=O) groups is 1. The van der Waals surface area contributed by atoms with E-state index in [4.69, 9.17) is 4.74 Å². The maximum Gasteiger partial charge on any atom is 0.251 e. The molecule has 3 rings (SSSR count). The highest BCUT2D eigenvalue weighted by Crippen LogP contribution is 2.23. The Kier molecular flexibility index (Phi) is 6.47. The van der Waals surface area contributed by atoms with Crippen LogP contribution in [0.3, 0.4) is 0 Å². The third kappa shape index (κ3) is 5.29. The van der Waals surface area contributed by atoms with E-state index in [1.807, 2.05) is 39.0 Å². The average molecular weight is 417 g/mol. The van der Waals surface area contributed by atoms with E-state index >= 15 is 0 Å². The van der Waals surface area contributed by atoms with Gasteiger partial charge in [0.1, 0.15) is 12.4 Å². The Hall–Kier alpha value is -2.54. The molecule has 1 aliphatic heterocycles. The molecule has 0 saturated carbocycles. The zero-order valence-corrected chi connectivity index (χ0v) is 18.0. The molecular weight excluding hydrogens is 388 g/mol. The predicted octanol–water partition coefficient (Wildman–Crippen LogP) is 3.43. The van der Waals surface area contributed by atoms with Crippen LogP contribution in [-0.2, 0) is 10.0 Å². The van der Waals surface area contributed by atoms with Gasteiger partial charge in [-0.1, -0.05) is 6.07 Å². The number of nitrogens with one attached hydrogen (secondary N) is 1. The average Bonchev–Trinajstić information content (AvgIpc) is 2.69. The van der Waals surface area contributed by atoms with Gasteiger partial charge in [0.15, 0.2) is 0 Å². The highest BCUT2D eigenvalue weighted by molar-refractivity contribution is 7.92. The second-order valence-corrected chi connectivity index (χ2v) is 9.59. The van der Waals surface area contributed by atoms with Crippen LogP contribution in [0.25, 0.3) is 0 Å². The van der Waals surface area contributed by atoms with Crippen molar-refractivity contribution in [2.24, 2.45) is 0 Å². The summed E-state index contributed by atoms with van der Waals surface area (Å²) in [5.41, 5.74) is 3.46. The SMILES string of the molecule is Cc1ccc(OCC(C)NC(=O)c2ccc(N3CCCCS3(=O)=O)cc2)cc1C. The number of carbonyl (C=O) groups excluding carboxylic acids is 1. The number of aryl methyl sites for hydroxylation is 2. The van der Waals surface area contributed by atoms with Crippen LogP contribution in [0.1, 0.15) is 41.3 Å². The minimum Gasteiger partial charge on any atom is -0.491 e. The van der Waals surface area contributed by atoms with Crippen molar-refractivity contribution in [1.29, 1.82) is 0 Å². The Bertz CT molecular complexity index is 971. The predicted molar refractivity (Wildman–Crippen MR) is 115 cm³/mol. The van der Waals surface area contributed by atoms with Gasteiger partial charge in [-0.15, -0.1) is 0 Å². The van der Waals surface area contributed by atoms with Crippen LogP contribution in [0, 0.1) is 13.8 Å². The number of nitrogens with zero attached hydrogens (tertiary/aromatic N) is 1. The van der Waals surface area contributed by atoms with Gasteiger partial charge in [0.05, 0.1) is 17.5 Å². The number of amides is 1. The molecule has 1 fully saturated rings. The fourth-order valence-electron chi connectivity index (χ4n) is 3.23. The zero-order valence-electron chi connectivity index (χ0n) is 17.1. The van der Waals surface area contributed by atoms with Crippen molar-refractivity contribution in [2.75, 3.05) is 23.2 Å². The smallest absolute Gasteiger partial charge is 0.251 e. The van der Waals surface area contributed by atoms with Gasteiger partial charge in [0.25, 0.3) is 5.91 Å². The van der Waals surface area contributed by atoms with Crippen molar-refractivity contribution in [3.8, 4) is 5.75 Å². The van der Waals surface area contributed by atoms with Crippen molar-refractivity contribution < 1.29 is 17.9 Å². The summed E-state index contributed by atoms with van der Waals surface area (Å²) in [6.45, 7) is 6.81. The van der Waals surface area contributed by atoms with Gasteiger partial charge in [0.2, 0.25) is 10.0 Å². The van der Waals surface area contributed by atoms with Crippen LogP contribution in [0.5, 0.6) is 5.75 Å². The van der Waals surface area contributed by atoms with Crippen molar-refractivity contribution >= 4 is 21.6 Å². The van der Waals surface area contributed by atoms with Crippen LogP contribution >= 0.6 is 0 Å². The quantitative estimate of drug-likeness (QED) is 0.783. The van der Waals surface area contributed by atoms with E-state index in [0.717, 1.165) is 17.7 Å². The lowest BCUT2D eigenvalue weighted by molar-refractivity contribution is 0.0926. The second kappa shape index (κ2) is 8.86. The first-order valence-corrected chi connectivity index (χ1v) is 11.5. The Morgan fingerprint density at radius 3 is 2.48 bits per heavy atom. The van der Waals surface area contributed by atoms with Crippen LogP contribution in [-0.4, -0.2) is 39.3 Å². The molecule has 6 nitrogen and oxygen atoms in total. The summed E-state index contributed by atoms with van der Waals surface area (Å²) in [6.07, 6.45) is 1.54. The molecule has 1 amide bonds. The molecule has 0 aliphatic carbocycles. The molecule has 156 valence electrons. The molecule has 1 heterocycles. The molecule has 2 aromatic rings. The molecule has 29 heavy (non-hydrogen) atoms. The highest BCUT2D eigenvalue weighted by Gasteiger charge is 2.26. The molecule has 0 radical (unpaired) electrons. The van der Waals surface area contributed by atoms with Gasteiger partial charge in [-0.3, -0.25) is 9.10 Å². The summed E-state index contributed by atoms with van der Waals surface area (Å²) >= 11 is 0. The molecule has 2 aromatic carbocycles. The van der Waals surface area contributed by atoms with Crippen molar-refractivity contribution in [2.45, 2.75) is 39.7 Å². The summed E-state index contributed by atoms with van der Waals surface area (Å²) in [7, 11) is -3.25. The topological polar surface area (TPSA) is 75.7 Å². The summed E-state index contributed by atoms with van der Waals surface area (Å²) in [4.78, 5) is 12.5. The highest BCUT2D eigenvalue weighted by atomic mass is 32.2. The number of hydrogen-bond acceptors (Lipinski definition) is 4. The van der Waals surface area contributed by atoms with E-state index in [9.17, 15) is 13.2 Å². The number of benzene rings is 2. The zero-order chi connectivity index (χ0) is 21.0. The number of sulfonamides is 1. The first kappa shape index (κ1) is 21.2. The lowest BCUT2D eigenvalue weighted by atomic mass is 10.1. The monoisotopic (exact) mass is 416 g/mol. The normalized spacial score (nSPS) is 16.9. The molecular formula is C22H28N2O4S. The van der Waals surface area contributed by atoms with Crippen LogP contribution in [0.2, 0.25) is 0 Å². The maximum absolute atomic E-state index is 12.5. The lowest BCUT2D eigenvalue weighted by Gasteiger charge is -2.28. The van der Waals surface area contributed by atoms with Crippen LogP contribution in [0.15, 0.2) is 42.5 Å². The van der Waals surface area contributed by atoms with Crippen LogP contribution < -0.4 is 14.4 Å². The number of hydrogen-bond donors (Lipinski definition) is 1. The third-order valence-corrected chi connectivity index (χ3v) is 6.99. The van der Waals surface area contributed by atoms with Gasteiger partial charge in [-0.2, -0.15) is 0 Å². The first-order valence-electron chi connectivity index (χ1n) is 9.88. The van der Waals surface area contributed by atoms with E-state index in [2.05, 4.69) is 5.32 Å². The Morgan fingerprint density at radius 2 is 1.83 bits per heavy atom. The molecule has 0 spiro atoms. The molecule has 0 aromatic heterocycles. The largest absolute Gasteiger partial charge is 0.491 e. The summed E-state index contributed by atoms with van der Waals surface area (Å²) in [6, 6.07) is 12.4. The van der Waals surface area contributed by atoms with Gasteiger partial charge in [-0.25, -0.2) is 8.42 Å². The summed E-state index contributed by atoms with van der Waals surface area (Å²) in [5, 5.41) is 2.91. The van der Waals surface area contributed by atoms with E-state index in [-0.39, 0.29) is 17.7 Å². The van der Waals surface area contributed by atoms with Gasteiger partial charge >= 0.3 is 0 Å². The molecule has 7 heteroatoms. The Morgan fingerprint density at radius 1 is 1.10 bits per heavy atom. The molecule has 1 unspecified atom stereocenters. The second-order valence-electron chi connectivity index (χ2n) is 7.57. The number of ether oxygens (including phenoxy) is 1. The van der Waals surface area contributed by atoms with Gasteiger partial charge in [-0.05, 0) is 81.1 Å². The van der Waals surface area contributed by atoms with E-state index < -0.39 is 10.0 Å². The fourth-order valence-corrected chi connectivity index (χ4v) is 4.87. The van der Waals surface area contributed by atoms with E-state index in [0.29, 0.717) is 30.8 Å². The molecule has 1 aliphatic rings. The fraction of sp³-hybridized carbons (Fsp3) is 0.409. The van der Waals surface area contributed by atoms with Crippen LogP contribution in [0.4, 0.5) is 5.69 Å². The first-order chi connectivity index (χ1) is 13.8. The summed E-state index contributed by atoms with van der Waals surface area (Å²) < 4.78 is 31.6. The lowest BCUT2D eigenvalue weighted by Crippen LogP contribution is -2.38. The van der Waals surface area contributed by atoms with Crippen molar-refractivity contribution in [1.82, 2.24) is 5.32 Å². The van der Waals surface area contributed by atoms with Crippen molar-refractivity contribution in [3.63, 3.8) is 0 Å². The van der Waals surface area contributed by atoms with E-state index in [1.165, 1.54) is 9.87 Å². The van der Waals surface area contributed by atoms with Gasteiger partial charge < -0.3 is 10.1 Å². The molecule has 0 bridgehead atoms.